The fourth-order valence-corrected chi connectivity index (χ4v) is 3.68. The molecule has 0 unspecified atom stereocenters. The van der Waals surface area contributed by atoms with Gasteiger partial charge in [0.1, 0.15) is 10.2 Å². The van der Waals surface area contributed by atoms with Crippen LogP contribution in [-0.2, 0) is 7.05 Å². The van der Waals surface area contributed by atoms with Crippen LogP contribution in [0.4, 0.5) is 11.4 Å². The lowest BCUT2D eigenvalue weighted by molar-refractivity contribution is 0.257. The second-order valence-corrected chi connectivity index (χ2v) is 7.40. The van der Waals surface area contributed by atoms with Gasteiger partial charge in [0.2, 0.25) is 0 Å². The van der Waals surface area contributed by atoms with Crippen molar-refractivity contribution in [3.63, 3.8) is 0 Å². The van der Waals surface area contributed by atoms with Gasteiger partial charge in [-0.25, -0.2) is 4.68 Å². The summed E-state index contributed by atoms with van der Waals surface area (Å²) in [5.74, 6) is 0.892. The molecule has 0 aliphatic carbocycles. The van der Waals surface area contributed by atoms with Crippen molar-refractivity contribution < 1.29 is 4.74 Å². The Hall–Kier alpha value is -2.06. The molecule has 1 saturated heterocycles. The molecule has 2 aromatic rings. The molecule has 7 nitrogen and oxygen atoms in total. The number of nitrogens with zero attached hydrogens (tertiary/aromatic N) is 4. The van der Waals surface area contributed by atoms with Crippen LogP contribution >= 0.6 is 15.9 Å². The number of halogens is 1. The Morgan fingerprint density at radius 2 is 1.89 bits per heavy atom. The van der Waals surface area contributed by atoms with Gasteiger partial charge >= 0.3 is 0 Å². The highest BCUT2D eigenvalue weighted by Gasteiger charge is 2.17. The van der Waals surface area contributed by atoms with E-state index in [1.54, 1.807) is 20.4 Å². The van der Waals surface area contributed by atoms with E-state index in [0.29, 0.717) is 4.47 Å². The number of piperazine rings is 1. The standard InChI is InChI=1S/C19H26BrN5O2/c1-23-19(26)18(20)17(14-22-23)21-8-3-9-24-10-12-25(13-11-24)15-4-6-16(27-2)7-5-15/h4-7,14,21H,3,8-13H2,1-2H3. The Labute approximate surface area is 168 Å². The molecular weight excluding hydrogens is 410 g/mol. The van der Waals surface area contributed by atoms with Crippen LogP contribution in [0.15, 0.2) is 39.7 Å². The summed E-state index contributed by atoms with van der Waals surface area (Å²) in [6.45, 7) is 6.03. The smallest absolute Gasteiger partial charge is 0.282 e. The molecule has 0 spiro atoms. The highest BCUT2D eigenvalue weighted by atomic mass is 79.9. The van der Waals surface area contributed by atoms with Gasteiger partial charge in [-0.3, -0.25) is 9.69 Å². The first kappa shape index (κ1) is 19.7. The number of hydrogen-bond acceptors (Lipinski definition) is 6. The van der Waals surface area contributed by atoms with E-state index in [0.717, 1.165) is 57.1 Å². The average molecular weight is 436 g/mol. The third kappa shape index (κ3) is 5.01. The summed E-state index contributed by atoms with van der Waals surface area (Å²) in [4.78, 5) is 16.7. The minimum Gasteiger partial charge on any atom is -0.497 e. The van der Waals surface area contributed by atoms with Crippen LogP contribution < -0.4 is 20.5 Å². The van der Waals surface area contributed by atoms with Crippen molar-refractivity contribution in [3.8, 4) is 5.75 Å². The number of hydrogen-bond donors (Lipinski definition) is 1. The maximum atomic E-state index is 11.8. The molecule has 8 heteroatoms. The first-order valence-corrected chi connectivity index (χ1v) is 9.95. The van der Waals surface area contributed by atoms with Crippen molar-refractivity contribution in [2.75, 3.05) is 56.6 Å². The van der Waals surface area contributed by atoms with Crippen molar-refractivity contribution in [1.29, 1.82) is 0 Å². The van der Waals surface area contributed by atoms with E-state index >= 15 is 0 Å². The molecule has 0 radical (unpaired) electrons. The molecule has 1 fully saturated rings. The second kappa shape index (κ2) is 9.23. The van der Waals surface area contributed by atoms with E-state index in [1.165, 1.54) is 10.4 Å². The minimum atomic E-state index is -0.130. The van der Waals surface area contributed by atoms with Crippen molar-refractivity contribution >= 4 is 27.3 Å². The number of nitrogens with one attached hydrogen (secondary N) is 1. The third-order valence-corrected chi connectivity index (χ3v) is 5.62. The largest absolute Gasteiger partial charge is 0.497 e. The van der Waals surface area contributed by atoms with Crippen molar-refractivity contribution in [2.45, 2.75) is 6.42 Å². The van der Waals surface area contributed by atoms with Gasteiger partial charge < -0.3 is 15.0 Å². The second-order valence-electron chi connectivity index (χ2n) is 6.61. The van der Waals surface area contributed by atoms with Gasteiger partial charge in [-0.15, -0.1) is 0 Å². The lowest BCUT2D eigenvalue weighted by atomic mass is 10.2. The van der Waals surface area contributed by atoms with Crippen LogP contribution in [-0.4, -0.2) is 61.1 Å². The van der Waals surface area contributed by atoms with E-state index in [1.807, 2.05) is 12.1 Å². The number of benzene rings is 1. The molecule has 0 atom stereocenters. The summed E-state index contributed by atoms with van der Waals surface area (Å²) in [6.07, 6.45) is 2.70. The Kier molecular flexibility index (Phi) is 6.73. The maximum absolute atomic E-state index is 11.8. The van der Waals surface area contributed by atoms with Crippen LogP contribution in [0.3, 0.4) is 0 Å². The van der Waals surface area contributed by atoms with Crippen molar-refractivity contribution in [2.24, 2.45) is 7.05 Å². The van der Waals surface area contributed by atoms with Gasteiger partial charge in [-0.05, 0) is 53.2 Å². The summed E-state index contributed by atoms with van der Waals surface area (Å²) in [6, 6.07) is 8.26. The molecule has 1 aromatic heterocycles. The molecule has 0 bridgehead atoms. The Bertz CT molecular complexity index is 801. The first-order chi connectivity index (χ1) is 13.1. The number of ether oxygens (including phenoxy) is 1. The van der Waals surface area contributed by atoms with E-state index in [4.69, 9.17) is 4.74 Å². The summed E-state index contributed by atoms with van der Waals surface area (Å²) in [5, 5.41) is 7.34. The predicted octanol–water partition coefficient (Wildman–Crippen LogP) is 2.18. The molecular formula is C19H26BrN5O2. The highest BCUT2D eigenvalue weighted by Crippen LogP contribution is 2.20. The van der Waals surface area contributed by atoms with Gasteiger partial charge in [0.15, 0.2) is 0 Å². The monoisotopic (exact) mass is 435 g/mol. The molecule has 2 heterocycles. The predicted molar refractivity (Wildman–Crippen MR) is 112 cm³/mol. The number of aryl methyl sites for hydroxylation is 1. The van der Waals surface area contributed by atoms with Gasteiger partial charge in [-0.1, -0.05) is 0 Å². The van der Waals surface area contributed by atoms with Crippen molar-refractivity contribution in [3.05, 3.63) is 45.3 Å². The molecule has 1 aromatic carbocycles. The van der Waals surface area contributed by atoms with Gasteiger partial charge in [-0.2, -0.15) is 5.10 Å². The molecule has 3 rings (SSSR count). The molecule has 0 amide bonds. The molecule has 0 saturated carbocycles. The SMILES string of the molecule is COc1ccc(N2CCN(CCCNc3cnn(C)c(=O)c3Br)CC2)cc1. The van der Waals surface area contributed by atoms with Crippen LogP contribution in [0.5, 0.6) is 5.75 Å². The number of aromatic nitrogens is 2. The lowest BCUT2D eigenvalue weighted by Gasteiger charge is -2.36. The van der Waals surface area contributed by atoms with Gasteiger partial charge in [0.05, 0.1) is 19.0 Å². The normalized spacial score (nSPS) is 15.0. The Morgan fingerprint density at radius 1 is 1.19 bits per heavy atom. The lowest BCUT2D eigenvalue weighted by Crippen LogP contribution is -2.46. The highest BCUT2D eigenvalue weighted by molar-refractivity contribution is 9.10. The molecule has 146 valence electrons. The summed E-state index contributed by atoms with van der Waals surface area (Å²) in [5.41, 5.74) is 1.87. The number of methoxy groups -OCH3 is 1. The minimum absolute atomic E-state index is 0.130. The zero-order chi connectivity index (χ0) is 19.2. The molecule has 27 heavy (non-hydrogen) atoms. The zero-order valence-electron chi connectivity index (χ0n) is 15.8. The molecule has 1 aliphatic rings. The summed E-state index contributed by atoms with van der Waals surface area (Å²) < 4.78 is 7.07. The van der Waals surface area contributed by atoms with E-state index in [9.17, 15) is 4.79 Å². The topological polar surface area (TPSA) is 62.6 Å². The van der Waals surface area contributed by atoms with E-state index in [-0.39, 0.29) is 5.56 Å². The third-order valence-electron chi connectivity index (χ3n) is 4.85. The number of anilines is 2. The van der Waals surface area contributed by atoms with Gasteiger partial charge in [0.25, 0.3) is 5.56 Å². The maximum Gasteiger partial charge on any atom is 0.282 e. The van der Waals surface area contributed by atoms with Crippen LogP contribution in [0.25, 0.3) is 0 Å². The van der Waals surface area contributed by atoms with E-state index < -0.39 is 0 Å². The number of rotatable bonds is 7. The quantitative estimate of drug-likeness (QED) is 0.672. The summed E-state index contributed by atoms with van der Waals surface area (Å²) >= 11 is 3.34. The van der Waals surface area contributed by atoms with Crippen LogP contribution in [0, 0.1) is 0 Å². The fourth-order valence-electron chi connectivity index (χ4n) is 3.18. The average Bonchev–Trinajstić information content (AvgIpc) is 2.71. The van der Waals surface area contributed by atoms with Crippen LogP contribution in [0.1, 0.15) is 6.42 Å². The molecule has 1 N–H and O–H groups in total. The first-order valence-electron chi connectivity index (χ1n) is 9.15. The van der Waals surface area contributed by atoms with Crippen LogP contribution in [0.2, 0.25) is 0 Å². The molecule has 1 aliphatic heterocycles. The summed E-state index contributed by atoms with van der Waals surface area (Å²) in [7, 11) is 3.33. The Balaban J connectivity index is 1.39. The Morgan fingerprint density at radius 3 is 2.56 bits per heavy atom. The zero-order valence-corrected chi connectivity index (χ0v) is 17.4. The van der Waals surface area contributed by atoms with Crippen molar-refractivity contribution in [1.82, 2.24) is 14.7 Å². The van der Waals surface area contributed by atoms with Gasteiger partial charge in [0, 0.05) is 45.5 Å². The fraction of sp³-hybridized carbons (Fsp3) is 0.474. The van der Waals surface area contributed by atoms with E-state index in [2.05, 4.69) is 48.3 Å².